The lowest BCUT2D eigenvalue weighted by Crippen LogP contribution is -2.36. The number of carbonyl (C=O) groups is 4. The Labute approximate surface area is 476 Å². The van der Waals surface area contributed by atoms with E-state index in [-0.39, 0.29) is 58.1 Å². The number of sulfonamides is 3. The van der Waals surface area contributed by atoms with E-state index in [0.717, 1.165) is 30.3 Å². The molecule has 3 aromatic heterocycles. The second-order valence-corrected chi connectivity index (χ2v) is 21.7. The Kier molecular flexibility index (Phi) is 22.5. The van der Waals surface area contributed by atoms with Crippen LogP contribution in [0.15, 0.2) is 95.0 Å². The first-order valence-corrected chi connectivity index (χ1v) is 27.8. The predicted molar refractivity (Wildman–Crippen MR) is 280 cm³/mol. The second-order valence-electron chi connectivity index (χ2n) is 16.3. The molecular formula is C45H44ClF6N13O16S3. The van der Waals surface area contributed by atoms with Gasteiger partial charge in [-0.1, -0.05) is 29.8 Å². The van der Waals surface area contributed by atoms with Gasteiger partial charge in [-0.25, -0.2) is 45.6 Å². The summed E-state index contributed by atoms with van der Waals surface area (Å²) >= 11 is 5.76. The second kappa shape index (κ2) is 28.1. The molecule has 3 aromatic carbocycles. The summed E-state index contributed by atoms with van der Waals surface area (Å²) in [5.41, 5.74) is -2.60. The molecule has 5 N–H and O–H groups in total. The molecular weight excluding hydrogens is 1220 g/mol. The molecule has 0 radical (unpaired) electrons. The van der Waals surface area contributed by atoms with Gasteiger partial charge in [0, 0.05) is 38.8 Å². The number of benzene rings is 3. The van der Waals surface area contributed by atoms with Crippen LogP contribution in [0, 0.1) is 17.0 Å². The Bertz CT molecular complexity index is 3770. The van der Waals surface area contributed by atoms with Crippen LogP contribution in [-0.4, -0.2) is 137 Å². The molecule has 0 unspecified atom stereocenters. The smallest absolute Gasteiger partial charge is 0.416 e. The summed E-state index contributed by atoms with van der Waals surface area (Å²) in [5, 5.41) is 14.3. The lowest BCUT2D eigenvalue weighted by Gasteiger charge is -2.14. The number of anilines is 2. The third kappa shape index (κ3) is 20.3. The number of nitrogens with zero attached hydrogens (tertiary/aromatic N) is 8. The number of ether oxygens (including phenoxy) is 4. The Hall–Kier alpha value is -9.30. The van der Waals surface area contributed by atoms with Gasteiger partial charge in [0.15, 0.2) is 5.03 Å². The minimum absolute atomic E-state index is 0.0715. The number of aryl methyl sites for hydroxylation is 2. The van der Waals surface area contributed by atoms with Crippen LogP contribution in [-0.2, 0) is 42.7 Å². The van der Waals surface area contributed by atoms with Gasteiger partial charge in [0.05, 0.1) is 59.6 Å². The molecule has 0 spiro atoms. The Morgan fingerprint density at radius 3 is 1.85 bits per heavy atom. The Morgan fingerprint density at radius 2 is 1.31 bits per heavy atom. The first-order valence-electron chi connectivity index (χ1n) is 22.5. The zero-order valence-corrected chi connectivity index (χ0v) is 47.2. The van der Waals surface area contributed by atoms with Crippen LogP contribution in [0.25, 0.3) is 0 Å². The van der Waals surface area contributed by atoms with Gasteiger partial charge in [0.25, 0.3) is 37.5 Å². The highest BCUT2D eigenvalue weighted by Gasteiger charge is 2.33. The molecule has 29 nitrogen and oxygen atoms in total. The van der Waals surface area contributed by atoms with Gasteiger partial charge >= 0.3 is 30.4 Å². The first kappa shape index (κ1) is 67.2. The average Bonchev–Trinajstić information content (AvgIpc) is 2.43. The van der Waals surface area contributed by atoms with Crippen molar-refractivity contribution in [1.29, 1.82) is 0 Å². The highest BCUT2D eigenvalue weighted by molar-refractivity contribution is 7.90. The predicted octanol–water partition coefficient (Wildman–Crippen LogP) is 6.04. The number of nitro benzene ring substituents is 1. The van der Waals surface area contributed by atoms with Crippen molar-refractivity contribution in [2.45, 2.75) is 42.0 Å². The van der Waals surface area contributed by atoms with Crippen molar-refractivity contribution in [1.82, 2.24) is 49.0 Å². The number of amides is 6. The van der Waals surface area contributed by atoms with Crippen LogP contribution in [0.4, 0.5) is 53.5 Å². The Balaban J connectivity index is 0.000000270. The zero-order valence-electron chi connectivity index (χ0n) is 44.0. The molecule has 6 amide bonds. The molecule has 452 valence electrons. The van der Waals surface area contributed by atoms with Gasteiger partial charge in [-0.3, -0.25) is 30.3 Å². The number of methoxy groups -OCH3 is 3. The van der Waals surface area contributed by atoms with Gasteiger partial charge in [-0.2, -0.15) is 59.7 Å². The van der Waals surface area contributed by atoms with E-state index >= 15 is 0 Å². The van der Waals surface area contributed by atoms with E-state index in [4.69, 9.17) is 30.5 Å². The minimum atomic E-state index is -4.62. The van der Waals surface area contributed by atoms with Crippen LogP contribution >= 0.6 is 11.6 Å². The lowest BCUT2D eigenvalue weighted by molar-refractivity contribution is -0.385. The number of halogens is 7. The summed E-state index contributed by atoms with van der Waals surface area (Å²) in [6.45, 7) is 1.50. The molecule has 6 rings (SSSR count). The molecule has 0 saturated heterocycles. The Morgan fingerprint density at radius 1 is 0.714 bits per heavy atom. The molecule has 84 heavy (non-hydrogen) atoms. The van der Waals surface area contributed by atoms with Crippen molar-refractivity contribution >= 4 is 83.1 Å². The molecule has 0 atom stereocenters. The molecule has 0 saturated carbocycles. The molecule has 0 bridgehead atoms. The van der Waals surface area contributed by atoms with Crippen molar-refractivity contribution in [2.24, 2.45) is 0 Å². The van der Waals surface area contributed by atoms with E-state index < -0.39 is 116 Å². The molecule has 39 heteroatoms. The van der Waals surface area contributed by atoms with Crippen molar-refractivity contribution in [3.8, 4) is 29.3 Å². The summed E-state index contributed by atoms with van der Waals surface area (Å²) in [5.74, 6) is -2.39. The maximum Gasteiger partial charge on any atom is 0.416 e. The van der Waals surface area contributed by atoms with E-state index in [1.165, 1.54) is 89.8 Å². The number of hydrogen-bond acceptors (Lipinski definition) is 22. The number of hydrogen-bond donors (Lipinski definition) is 5. The minimum Gasteiger partial charge on any atom is -0.481 e. The highest BCUT2D eigenvalue weighted by atomic mass is 35.5. The number of nitrogens with one attached hydrogen (secondary N) is 5. The topological polar surface area (TPSA) is 391 Å². The number of nitro groups is 1. The number of carbonyl (C=O) groups excluding carboxylic acids is 4. The lowest BCUT2D eigenvalue weighted by atomic mass is 10.1. The maximum absolute atomic E-state index is 12.7. The van der Waals surface area contributed by atoms with Crippen LogP contribution in [0.2, 0.25) is 5.02 Å². The van der Waals surface area contributed by atoms with Crippen molar-refractivity contribution in [3.63, 3.8) is 0 Å². The molecule has 6 aromatic rings. The molecule has 3 heterocycles. The molecule has 0 aliphatic rings. The third-order valence-electron chi connectivity index (χ3n) is 9.69. The summed E-state index contributed by atoms with van der Waals surface area (Å²) in [6.07, 6.45) is -8.95. The van der Waals surface area contributed by atoms with E-state index in [2.05, 4.69) is 40.5 Å². The largest absolute Gasteiger partial charge is 0.481 e. The van der Waals surface area contributed by atoms with Crippen LogP contribution in [0.1, 0.15) is 44.1 Å². The fraction of sp³-hybridized carbons (Fsp3) is 0.244. The zero-order chi connectivity index (χ0) is 63.1. The van der Waals surface area contributed by atoms with Crippen LogP contribution in [0.5, 0.6) is 29.3 Å². The quantitative estimate of drug-likeness (QED) is 0.0394. The monoisotopic (exact) mass is 1270 g/mol. The fourth-order valence-corrected chi connectivity index (χ4v) is 9.04. The van der Waals surface area contributed by atoms with Gasteiger partial charge in [-0.15, -0.1) is 0 Å². The summed E-state index contributed by atoms with van der Waals surface area (Å²) in [6, 6.07) is 11.8. The normalized spacial score (nSPS) is 11.4. The van der Waals surface area contributed by atoms with Crippen molar-refractivity contribution < 1.29 is 94.6 Å². The van der Waals surface area contributed by atoms with Gasteiger partial charge < -0.3 is 23.8 Å². The summed E-state index contributed by atoms with van der Waals surface area (Å²) in [4.78, 5) is 82.0. The average molecular weight is 1270 g/mol. The molecule has 0 aliphatic carbocycles. The SMILES string of the molecule is COc1cc(OC)nc(NC(=O)NS(=O)(=O)c2ncccc2C(=O)N(C)C)n1.COc1nc(C)nc(NC(=O)NS(=O)(=O)c2ccccc2CCC(F)(F)F)n1.CS(=O)(=O)NC(=O)c1cc(Oc2ccc(C(F)(F)F)cc2Cl)ccc1[N+](=O)[O-]. The molecule has 0 fully saturated rings. The highest BCUT2D eigenvalue weighted by Crippen LogP contribution is 2.37. The van der Waals surface area contributed by atoms with Crippen LogP contribution < -0.4 is 43.7 Å². The van der Waals surface area contributed by atoms with E-state index in [1.54, 1.807) is 14.2 Å². The van der Waals surface area contributed by atoms with Gasteiger partial charge in [0.1, 0.15) is 22.9 Å². The van der Waals surface area contributed by atoms with E-state index in [1.807, 2.05) is 0 Å². The fourth-order valence-electron chi connectivity index (χ4n) is 6.16. The summed E-state index contributed by atoms with van der Waals surface area (Å²) in [7, 11) is -5.99. The van der Waals surface area contributed by atoms with Crippen LogP contribution in [0.3, 0.4) is 0 Å². The van der Waals surface area contributed by atoms with Gasteiger partial charge in [-0.05, 0) is 61.4 Å². The number of pyridine rings is 1. The number of alkyl halides is 6. The van der Waals surface area contributed by atoms with Crippen molar-refractivity contribution in [3.05, 3.63) is 128 Å². The number of rotatable bonds is 17. The summed E-state index contributed by atoms with van der Waals surface area (Å²) < 4.78 is 173. The standard InChI is InChI=1S/C15H10ClF3N2O6S.C15H16F3N5O4S.C15H18N6O6S/c1-28(25,26)20-14(22)10-7-9(3-4-12(10)21(23)24)27-13-5-2-8(6-11(13)16)15(17,18)19;1-9-19-12(22-14(20-9)27-2)21-13(24)23-28(25,26)11-6-4-3-5-10(11)7-8-15(16,17)18;1-21(2)13(22)9-6-5-7-16-12(9)28(24,25)20-15(23)19-14-17-10(26-3)8-11(18-14)27-4/h2-7H,1H3,(H,20,22);3-6H,7-8H2,1-2H3,(H2,19,20,21,22,23,24);5-8H,1-4H3,(H2,17,18,19,20,23). The van der Waals surface area contributed by atoms with Gasteiger partial charge in [0.2, 0.25) is 33.7 Å². The third-order valence-corrected chi connectivity index (χ3v) is 13.3. The number of aromatic nitrogens is 6. The van der Waals surface area contributed by atoms with E-state index in [9.17, 15) is 80.9 Å². The maximum atomic E-state index is 12.7. The molecule has 0 aliphatic heterocycles. The van der Waals surface area contributed by atoms with Crippen molar-refractivity contribution in [2.75, 3.05) is 52.3 Å². The van der Waals surface area contributed by atoms with E-state index in [0.29, 0.717) is 18.4 Å². The first-order chi connectivity index (χ1) is 38.9. The number of urea groups is 2.